The van der Waals surface area contributed by atoms with E-state index in [0.717, 1.165) is 11.6 Å². The molecule has 27 heavy (non-hydrogen) atoms. The van der Waals surface area contributed by atoms with Crippen molar-refractivity contribution in [3.05, 3.63) is 81.5 Å². The third-order valence-corrected chi connectivity index (χ3v) is 4.39. The zero-order valence-electron chi connectivity index (χ0n) is 13.5. The van der Waals surface area contributed by atoms with Crippen molar-refractivity contribution in [2.24, 2.45) is 0 Å². The van der Waals surface area contributed by atoms with E-state index in [4.69, 9.17) is 23.2 Å². The first-order valence-corrected chi connectivity index (χ1v) is 8.36. The van der Waals surface area contributed by atoms with Gasteiger partial charge in [0.25, 0.3) is 0 Å². The van der Waals surface area contributed by atoms with Crippen LogP contribution in [0.2, 0.25) is 10.0 Å². The van der Waals surface area contributed by atoms with E-state index >= 15 is 0 Å². The summed E-state index contributed by atoms with van der Waals surface area (Å²) in [6.45, 7) is 0. The molecule has 0 amide bonds. The molecule has 0 aliphatic heterocycles. The SMILES string of the molecule is Fc1ccc(C(F)(F)F)cc1Nc1cc(Cc2ccc(Cl)c(Cl)c2)ncn1. The molecule has 3 aromatic rings. The van der Waals surface area contributed by atoms with Gasteiger partial charge in [0, 0.05) is 12.5 Å². The van der Waals surface area contributed by atoms with Gasteiger partial charge < -0.3 is 5.32 Å². The highest BCUT2D eigenvalue weighted by atomic mass is 35.5. The van der Waals surface area contributed by atoms with Gasteiger partial charge in [0.2, 0.25) is 0 Å². The van der Waals surface area contributed by atoms with Crippen molar-refractivity contribution in [1.82, 2.24) is 9.97 Å². The maximum atomic E-state index is 13.9. The molecule has 1 N–H and O–H groups in total. The summed E-state index contributed by atoms with van der Waals surface area (Å²) in [6.07, 6.45) is -2.95. The summed E-state index contributed by atoms with van der Waals surface area (Å²) in [4.78, 5) is 8.03. The molecule has 1 heterocycles. The first-order valence-electron chi connectivity index (χ1n) is 7.61. The molecule has 0 spiro atoms. The van der Waals surface area contributed by atoms with Crippen LogP contribution in [0, 0.1) is 5.82 Å². The average Bonchev–Trinajstić information content (AvgIpc) is 2.59. The molecule has 0 fully saturated rings. The fourth-order valence-corrected chi connectivity index (χ4v) is 2.68. The van der Waals surface area contributed by atoms with E-state index in [2.05, 4.69) is 15.3 Å². The van der Waals surface area contributed by atoms with Crippen LogP contribution in [0.3, 0.4) is 0 Å². The number of nitrogens with zero attached hydrogens (tertiary/aromatic N) is 2. The Labute approximate surface area is 162 Å². The Morgan fingerprint density at radius 1 is 0.926 bits per heavy atom. The summed E-state index contributed by atoms with van der Waals surface area (Å²) in [7, 11) is 0. The topological polar surface area (TPSA) is 37.8 Å². The number of alkyl halides is 3. The van der Waals surface area contributed by atoms with Gasteiger partial charge in [-0.05, 0) is 35.9 Å². The minimum atomic E-state index is -4.57. The highest BCUT2D eigenvalue weighted by Crippen LogP contribution is 2.32. The number of halogens is 6. The Morgan fingerprint density at radius 3 is 2.41 bits per heavy atom. The van der Waals surface area contributed by atoms with Crippen LogP contribution in [0.15, 0.2) is 48.8 Å². The van der Waals surface area contributed by atoms with E-state index in [9.17, 15) is 17.6 Å². The van der Waals surface area contributed by atoms with Crippen LogP contribution in [-0.2, 0) is 12.6 Å². The Morgan fingerprint density at radius 2 is 1.70 bits per heavy atom. The zero-order chi connectivity index (χ0) is 19.6. The molecular formula is C18H11Cl2F4N3. The first kappa shape index (κ1) is 19.4. The molecule has 0 atom stereocenters. The molecule has 0 saturated carbocycles. The largest absolute Gasteiger partial charge is 0.416 e. The normalized spacial score (nSPS) is 11.5. The van der Waals surface area contributed by atoms with Crippen molar-refractivity contribution >= 4 is 34.7 Å². The molecule has 0 unspecified atom stereocenters. The Bertz CT molecular complexity index is 977. The van der Waals surface area contributed by atoms with Crippen LogP contribution >= 0.6 is 23.2 Å². The Hall–Kier alpha value is -2.38. The maximum absolute atomic E-state index is 13.9. The average molecular weight is 416 g/mol. The Balaban J connectivity index is 1.83. The number of anilines is 2. The van der Waals surface area contributed by atoms with Gasteiger partial charge in [-0.25, -0.2) is 14.4 Å². The summed E-state index contributed by atoms with van der Waals surface area (Å²) in [6, 6.07) is 8.75. The summed E-state index contributed by atoms with van der Waals surface area (Å²) in [5.74, 6) is -0.661. The van der Waals surface area contributed by atoms with E-state index in [1.54, 1.807) is 18.2 Å². The van der Waals surface area contributed by atoms with E-state index in [1.165, 1.54) is 12.4 Å². The monoisotopic (exact) mass is 415 g/mol. The molecule has 1 aromatic heterocycles. The Kier molecular flexibility index (Phi) is 5.53. The van der Waals surface area contributed by atoms with Crippen LogP contribution in [0.5, 0.6) is 0 Å². The number of nitrogens with one attached hydrogen (secondary N) is 1. The van der Waals surface area contributed by atoms with Crippen molar-refractivity contribution in [3.63, 3.8) is 0 Å². The lowest BCUT2D eigenvalue weighted by atomic mass is 10.1. The van der Waals surface area contributed by atoms with Gasteiger partial charge in [-0.3, -0.25) is 0 Å². The molecule has 0 saturated heterocycles. The van der Waals surface area contributed by atoms with Gasteiger partial charge in [0.15, 0.2) is 0 Å². The molecule has 140 valence electrons. The highest BCUT2D eigenvalue weighted by Gasteiger charge is 2.31. The number of benzene rings is 2. The molecule has 0 aliphatic rings. The van der Waals surface area contributed by atoms with Crippen LogP contribution in [0.4, 0.5) is 29.1 Å². The lowest BCUT2D eigenvalue weighted by Gasteiger charge is -2.12. The van der Waals surface area contributed by atoms with Crippen molar-refractivity contribution in [1.29, 1.82) is 0 Å². The molecule has 3 nitrogen and oxygen atoms in total. The highest BCUT2D eigenvalue weighted by molar-refractivity contribution is 6.42. The molecular weight excluding hydrogens is 405 g/mol. The van der Waals surface area contributed by atoms with Crippen LogP contribution < -0.4 is 5.32 Å². The third-order valence-electron chi connectivity index (χ3n) is 3.65. The second-order valence-electron chi connectivity index (χ2n) is 5.64. The smallest absolute Gasteiger partial charge is 0.338 e. The second-order valence-corrected chi connectivity index (χ2v) is 6.45. The van der Waals surface area contributed by atoms with Crippen LogP contribution in [-0.4, -0.2) is 9.97 Å². The lowest BCUT2D eigenvalue weighted by Crippen LogP contribution is -2.07. The number of rotatable bonds is 4. The second kappa shape index (κ2) is 7.70. The van der Waals surface area contributed by atoms with Gasteiger partial charge in [-0.2, -0.15) is 13.2 Å². The molecule has 3 rings (SSSR count). The van der Waals surface area contributed by atoms with Crippen molar-refractivity contribution in [3.8, 4) is 0 Å². The summed E-state index contributed by atoms with van der Waals surface area (Å²) in [5.41, 5.74) is 0.109. The standard InChI is InChI=1S/C18H11Cl2F4N3/c19-13-3-1-10(6-14(13)20)5-12-8-17(26-9-25-12)27-16-7-11(18(22,23)24)2-4-15(16)21/h1-4,6-9H,5H2,(H,25,26,27). The predicted molar refractivity (Wildman–Crippen MR) is 96.0 cm³/mol. The molecule has 0 radical (unpaired) electrons. The molecule has 0 aliphatic carbocycles. The minimum absolute atomic E-state index is 0.165. The van der Waals surface area contributed by atoms with Crippen molar-refractivity contribution < 1.29 is 17.6 Å². The van der Waals surface area contributed by atoms with Gasteiger partial charge in [0.1, 0.15) is 18.0 Å². The van der Waals surface area contributed by atoms with Crippen molar-refractivity contribution in [2.75, 3.05) is 5.32 Å². The molecule has 2 aromatic carbocycles. The van der Waals surface area contributed by atoms with Crippen molar-refractivity contribution in [2.45, 2.75) is 12.6 Å². The lowest BCUT2D eigenvalue weighted by molar-refractivity contribution is -0.137. The van der Waals surface area contributed by atoms with Crippen LogP contribution in [0.25, 0.3) is 0 Å². The van der Waals surface area contributed by atoms with Gasteiger partial charge >= 0.3 is 6.18 Å². The van der Waals surface area contributed by atoms with E-state index < -0.39 is 17.6 Å². The summed E-state index contributed by atoms with van der Waals surface area (Å²) < 4.78 is 52.3. The zero-order valence-corrected chi connectivity index (χ0v) is 15.0. The summed E-state index contributed by atoms with van der Waals surface area (Å²) in [5, 5.41) is 3.38. The summed E-state index contributed by atoms with van der Waals surface area (Å²) >= 11 is 11.9. The predicted octanol–water partition coefficient (Wildman–Crippen LogP) is 6.28. The van der Waals surface area contributed by atoms with Gasteiger partial charge in [-0.1, -0.05) is 29.3 Å². The third kappa shape index (κ3) is 4.87. The van der Waals surface area contributed by atoms with E-state index in [0.29, 0.717) is 34.3 Å². The van der Waals surface area contributed by atoms with Gasteiger partial charge in [0.05, 0.1) is 27.0 Å². The molecule has 0 bridgehead atoms. The maximum Gasteiger partial charge on any atom is 0.416 e. The van der Waals surface area contributed by atoms with Gasteiger partial charge in [-0.15, -0.1) is 0 Å². The van der Waals surface area contributed by atoms with Crippen LogP contribution in [0.1, 0.15) is 16.8 Å². The minimum Gasteiger partial charge on any atom is -0.338 e. The van der Waals surface area contributed by atoms with E-state index in [-0.39, 0.29) is 11.5 Å². The number of aromatic nitrogens is 2. The van der Waals surface area contributed by atoms with E-state index in [1.807, 2.05) is 0 Å². The fraction of sp³-hybridized carbons (Fsp3) is 0.111. The fourth-order valence-electron chi connectivity index (χ4n) is 2.36. The number of hydrogen-bond acceptors (Lipinski definition) is 3. The number of hydrogen-bond donors (Lipinski definition) is 1. The molecule has 9 heteroatoms. The quantitative estimate of drug-likeness (QED) is 0.509. The first-order chi connectivity index (χ1) is 12.7.